The molecule has 3 aromatic rings. The van der Waals surface area contributed by atoms with Gasteiger partial charge in [-0.1, -0.05) is 23.4 Å². The molecule has 1 aromatic heterocycles. The van der Waals surface area contributed by atoms with Crippen LogP contribution in [0.3, 0.4) is 0 Å². The van der Waals surface area contributed by atoms with E-state index in [1.165, 1.54) is 0 Å². The van der Waals surface area contributed by atoms with Crippen molar-refractivity contribution in [3.8, 4) is 11.5 Å². The zero-order valence-corrected chi connectivity index (χ0v) is 17.4. The smallest absolute Gasteiger partial charge is 0.257 e. The van der Waals surface area contributed by atoms with Crippen LogP contribution < -0.4 is 10.6 Å². The molecular formula is C23H25N5O3. The number of carbonyl (C=O) groups excluding carboxylic acids is 2. The third-order valence-corrected chi connectivity index (χ3v) is 5.27. The van der Waals surface area contributed by atoms with Crippen LogP contribution in [0.2, 0.25) is 0 Å². The average Bonchev–Trinajstić information content (AvgIpc) is 3.22. The molecule has 0 aliphatic carbocycles. The molecule has 31 heavy (non-hydrogen) atoms. The largest absolute Gasteiger partial charge is 0.349 e. The van der Waals surface area contributed by atoms with E-state index in [-0.39, 0.29) is 17.9 Å². The highest BCUT2D eigenvalue weighted by Crippen LogP contribution is 2.18. The van der Waals surface area contributed by atoms with Gasteiger partial charge in [-0.15, -0.1) is 0 Å². The van der Waals surface area contributed by atoms with E-state index in [0.717, 1.165) is 37.2 Å². The van der Waals surface area contributed by atoms with Crippen molar-refractivity contribution in [3.05, 3.63) is 66.0 Å². The van der Waals surface area contributed by atoms with Gasteiger partial charge < -0.3 is 15.2 Å². The number of piperidine rings is 1. The molecule has 0 radical (unpaired) electrons. The first-order chi connectivity index (χ1) is 15.1. The number of aryl methyl sites for hydroxylation is 1. The number of likely N-dealkylation sites (tertiary alicyclic amines) is 1. The fourth-order valence-electron chi connectivity index (χ4n) is 3.61. The molecule has 2 aromatic carbocycles. The summed E-state index contributed by atoms with van der Waals surface area (Å²) in [7, 11) is 0. The Kier molecular flexibility index (Phi) is 6.37. The SMILES string of the molecule is Cc1noc(-c2ccc(C(=O)NC3CCN(CC(=O)Nc4ccccc4)CC3)cc2)n1. The van der Waals surface area contributed by atoms with Crippen molar-refractivity contribution >= 4 is 17.5 Å². The Morgan fingerprint density at radius 3 is 2.42 bits per heavy atom. The average molecular weight is 419 g/mol. The number of amides is 2. The molecule has 0 spiro atoms. The molecule has 2 N–H and O–H groups in total. The normalized spacial score (nSPS) is 14.9. The first kappa shape index (κ1) is 20.7. The maximum atomic E-state index is 12.6. The van der Waals surface area contributed by atoms with Crippen molar-refractivity contribution in [1.82, 2.24) is 20.4 Å². The van der Waals surface area contributed by atoms with Crippen LogP contribution in [-0.4, -0.2) is 52.5 Å². The second kappa shape index (κ2) is 9.53. The second-order valence-corrected chi connectivity index (χ2v) is 7.66. The number of benzene rings is 2. The number of aromatic nitrogens is 2. The lowest BCUT2D eigenvalue weighted by Gasteiger charge is -2.31. The minimum atomic E-state index is -0.103. The van der Waals surface area contributed by atoms with Crippen LogP contribution in [0.4, 0.5) is 5.69 Å². The predicted octanol–water partition coefficient (Wildman–Crippen LogP) is 2.88. The van der Waals surface area contributed by atoms with Gasteiger partial charge in [0.05, 0.1) is 6.54 Å². The number of hydrogen-bond acceptors (Lipinski definition) is 6. The fraction of sp³-hybridized carbons (Fsp3) is 0.304. The van der Waals surface area contributed by atoms with Gasteiger partial charge >= 0.3 is 0 Å². The van der Waals surface area contributed by atoms with Gasteiger partial charge in [-0.25, -0.2) is 0 Å². The van der Waals surface area contributed by atoms with Crippen molar-refractivity contribution < 1.29 is 14.1 Å². The van der Waals surface area contributed by atoms with E-state index in [1.807, 2.05) is 30.3 Å². The van der Waals surface area contributed by atoms with Crippen LogP contribution in [0, 0.1) is 6.92 Å². The molecule has 160 valence electrons. The molecule has 1 saturated heterocycles. The Morgan fingerprint density at radius 1 is 1.06 bits per heavy atom. The minimum absolute atomic E-state index is 0.0229. The second-order valence-electron chi connectivity index (χ2n) is 7.66. The quantitative estimate of drug-likeness (QED) is 0.637. The van der Waals surface area contributed by atoms with Gasteiger partial charge in [-0.05, 0) is 56.2 Å². The van der Waals surface area contributed by atoms with Crippen LogP contribution in [0.5, 0.6) is 0 Å². The highest BCUT2D eigenvalue weighted by molar-refractivity contribution is 5.94. The molecule has 1 aliphatic rings. The summed E-state index contributed by atoms with van der Waals surface area (Å²) in [5, 5.41) is 9.78. The summed E-state index contributed by atoms with van der Waals surface area (Å²) < 4.78 is 5.15. The van der Waals surface area contributed by atoms with Crippen LogP contribution in [0.1, 0.15) is 29.0 Å². The summed E-state index contributed by atoms with van der Waals surface area (Å²) in [5.74, 6) is 0.882. The summed E-state index contributed by atoms with van der Waals surface area (Å²) in [6.45, 7) is 3.65. The van der Waals surface area contributed by atoms with E-state index < -0.39 is 0 Å². The molecular weight excluding hydrogens is 394 g/mol. The number of rotatable bonds is 6. The maximum Gasteiger partial charge on any atom is 0.257 e. The first-order valence-electron chi connectivity index (χ1n) is 10.4. The van der Waals surface area contributed by atoms with Gasteiger partial charge in [0.1, 0.15) is 0 Å². The highest BCUT2D eigenvalue weighted by atomic mass is 16.5. The molecule has 0 saturated carbocycles. The lowest BCUT2D eigenvalue weighted by molar-refractivity contribution is -0.117. The monoisotopic (exact) mass is 419 g/mol. The predicted molar refractivity (Wildman–Crippen MR) is 116 cm³/mol. The summed E-state index contributed by atoms with van der Waals surface area (Å²) >= 11 is 0. The first-order valence-corrected chi connectivity index (χ1v) is 10.4. The standard InChI is InChI=1S/C23H25N5O3/c1-16-24-23(31-27-16)18-9-7-17(8-10-18)22(30)26-20-11-13-28(14-12-20)15-21(29)25-19-5-3-2-4-6-19/h2-10,20H,11-15H2,1H3,(H,25,29)(H,26,30). The van der Waals surface area contributed by atoms with Gasteiger partial charge in [0.2, 0.25) is 5.91 Å². The van der Waals surface area contributed by atoms with E-state index in [4.69, 9.17) is 4.52 Å². The zero-order valence-electron chi connectivity index (χ0n) is 17.4. The highest BCUT2D eigenvalue weighted by Gasteiger charge is 2.22. The third kappa shape index (κ3) is 5.55. The van der Waals surface area contributed by atoms with Crippen LogP contribution in [0.25, 0.3) is 11.5 Å². The number of nitrogens with zero attached hydrogens (tertiary/aromatic N) is 3. The Balaban J connectivity index is 1.23. The Morgan fingerprint density at radius 2 is 1.77 bits per heavy atom. The van der Waals surface area contributed by atoms with Crippen LogP contribution in [0.15, 0.2) is 59.1 Å². The zero-order chi connectivity index (χ0) is 21.6. The van der Waals surface area contributed by atoms with E-state index >= 15 is 0 Å². The van der Waals surface area contributed by atoms with Gasteiger partial charge in [0.15, 0.2) is 5.82 Å². The molecule has 1 fully saturated rings. The minimum Gasteiger partial charge on any atom is -0.349 e. The number of hydrogen-bond donors (Lipinski definition) is 2. The molecule has 1 aliphatic heterocycles. The van der Waals surface area contributed by atoms with E-state index in [2.05, 4.69) is 25.7 Å². The Hall–Kier alpha value is -3.52. The number of anilines is 1. The lowest BCUT2D eigenvalue weighted by atomic mass is 10.0. The van der Waals surface area contributed by atoms with Gasteiger partial charge in [0.25, 0.3) is 11.8 Å². The molecule has 0 atom stereocenters. The van der Waals surface area contributed by atoms with Gasteiger partial charge in [0, 0.05) is 35.9 Å². The van der Waals surface area contributed by atoms with Crippen molar-refractivity contribution in [3.63, 3.8) is 0 Å². The number of carbonyl (C=O) groups is 2. The molecule has 2 amide bonds. The van der Waals surface area contributed by atoms with Crippen LogP contribution >= 0.6 is 0 Å². The van der Waals surface area contributed by atoms with Crippen molar-refractivity contribution in [2.24, 2.45) is 0 Å². The fourth-order valence-corrected chi connectivity index (χ4v) is 3.61. The molecule has 8 nitrogen and oxygen atoms in total. The van der Waals surface area contributed by atoms with Crippen molar-refractivity contribution in [2.45, 2.75) is 25.8 Å². The molecule has 0 unspecified atom stereocenters. The maximum absolute atomic E-state index is 12.6. The van der Waals surface area contributed by atoms with E-state index in [9.17, 15) is 9.59 Å². The summed E-state index contributed by atoms with van der Waals surface area (Å²) in [5.41, 5.74) is 2.17. The lowest BCUT2D eigenvalue weighted by Crippen LogP contribution is -2.46. The van der Waals surface area contributed by atoms with Crippen molar-refractivity contribution in [2.75, 3.05) is 25.0 Å². The van der Waals surface area contributed by atoms with E-state index in [1.54, 1.807) is 31.2 Å². The van der Waals surface area contributed by atoms with Crippen molar-refractivity contribution in [1.29, 1.82) is 0 Å². The molecule has 8 heteroatoms. The van der Waals surface area contributed by atoms with Gasteiger partial charge in [-0.3, -0.25) is 14.5 Å². The van der Waals surface area contributed by atoms with E-state index in [0.29, 0.717) is 23.8 Å². The molecule has 0 bridgehead atoms. The number of para-hydroxylation sites is 1. The summed E-state index contributed by atoms with van der Waals surface area (Å²) in [4.78, 5) is 31.1. The topological polar surface area (TPSA) is 100 Å². The Labute approximate surface area is 180 Å². The summed E-state index contributed by atoms with van der Waals surface area (Å²) in [6, 6.07) is 16.7. The third-order valence-electron chi connectivity index (χ3n) is 5.27. The molecule has 2 heterocycles. The molecule has 4 rings (SSSR count). The summed E-state index contributed by atoms with van der Waals surface area (Å²) in [6.07, 6.45) is 1.62. The number of nitrogens with one attached hydrogen (secondary N) is 2. The van der Waals surface area contributed by atoms with Gasteiger partial charge in [-0.2, -0.15) is 4.98 Å². The Bertz CT molecular complexity index is 1020. The van der Waals surface area contributed by atoms with Crippen LogP contribution in [-0.2, 0) is 4.79 Å².